The van der Waals surface area contributed by atoms with Crippen LogP contribution in [0.4, 0.5) is 0 Å². The van der Waals surface area contributed by atoms with Crippen molar-refractivity contribution in [1.82, 2.24) is 5.32 Å². The van der Waals surface area contributed by atoms with E-state index in [0.29, 0.717) is 13.2 Å². The molecule has 80 valence electrons. The Morgan fingerprint density at radius 1 is 1.64 bits per heavy atom. The van der Waals surface area contributed by atoms with Crippen LogP contribution < -0.4 is 5.32 Å². The molecule has 5 heteroatoms. The van der Waals surface area contributed by atoms with Gasteiger partial charge in [0.15, 0.2) is 0 Å². The lowest BCUT2D eigenvalue weighted by Crippen LogP contribution is -2.41. The Morgan fingerprint density at radius 2 is 2.36 bits per heavy atom. The lowest BCUT2D eigenvalue weighted by atomic mass is 9.96. The van der Waals surface area contributed by atoms with Crippen molar-refractivity contribution < 1.29 is 19.4 Å². The van der Waals surface area contributed by atoms with Gasteiger partial charge in [0.25, 0.3) is 0 Å². The highest BCUT2D eigenvalue weighted by Crippen LogP contribution is 2.18. The number of aliphatic carboxylic acids is 1. The predicted octanol–water partition coefficient (Wildman–Crippen LogP) is 0.00230. The van der Waals surface area contributed by atoms with E-state index in [1.807, 2.05) is 0 Å². The largest absolute Gasteiger partial charge is 0.481 e. The highest BCUT2D eigenvalue weighted by atomic mass is 16.5. The molecule has 0 aromatic rings. The van der Waals surface area contributed by atoms with Crippen LogP contribution in [0.15, 0.2) is 0 Å². The minimum atomic E-state index is -0.893. The summed E-state index contributed by atoms with van der Waals surface area (Å²) in [5.74, 6) is -0.950. The number of hydrogen-bond donors (Lipinski definition) is 2. The van der Waals surface area contributed by atoms with Gasteiger partial charge >= 0.3 is 5.97 Å². The Balaban J connectivity index is 2.50. The fourth-order valence-electron chi connectivity index (χ4n) is 1.65. The molecule has 1 rings (SSSR count). The van der Waals surface area contributed by atoms with Crippen LogP contribution >= 0.6 is 0 Å². The molecule has 0 radical (unpaired) electrons. The van der Waals surface area contributed by atoms with Crippen molar-refractivity contribution in [2.75, 3.05) is 13.2 Å². The molecular weight excluding hydrogens is 186 g/mol. The van der Waals surface area contributed by atoms with Gasteiger partial charge in [-0.1, -0.05) is 0 Å². The average Bonchev–Trinajstić information content (AvgIpc) is 2.52. The van der Waals surface area contributed by atoms with Crippen LogP contribution in [0.1, 0.15) is 19.8 Å². The molecule has 1 saturated heterocycles. The summed E-state index contributed by atoms with van der Waals surface area (Å²) in [5, 5.41) is 11.3. The van der Waals surface area contributed by atoms with E-state index in [-0.39, 0.29) is 24.3 Å². The Hall–Kier alpha value is -1.10. The molecular formula is C9H15NO4. The molecule has 1 unspecified atom stereocenters. The van der Waals surface area contributed by atoms with Crippen LogP contribution in [0.5, 0.6) is 0 Å². The average molecular weight is 201 g/mol. The number of carbonyl (C=O) groups excluding carboxylic acids is 1. The fourth-order valence-corrected chi connectivity index (χ4v) is 1.65. The maximum absolute atomic E-state index is 10.8. The number of hydrogen-bond acceptors (Lipinski definition) is 3. The van der Waals surface area contributed by atoms with Crippen molar-refractivity contribution >= 4 is 11.9 Å². The van der Waals surface area contributed by atoms with Gasteiger partial charge in [0.2, 0.25) is 5.91 Å². The van der Waals surface area contributed by atoms with Crippen molar-refractivity contribution in [2.45, 2.75) is 25.8 Å². The van der Waals surface area contributed by atoms with E-state index in [0.717, 1.165) is 6.42 Å². The summed E-state index contributed by atoms with van der Waals surface area (Å²) in [7, 11) is 0. The SMILES string of the molecule is CC(=O)N[C@@H](CC(=O)O)C1CCOC1. The molecule has 0 saturated carbocycles. The number of amides is 1. The second-order valence-corrected chi connectivity index (χ2v) is 3.53. The zero-order valence-corrected chi connectivity index (χ0v) is 8.16. The normalized spacial score (nSPS) is 23.1. The summed E-state index contributed by atoms with van der Waals surface area (Å²) in [4.78, 5) is 21.4. The fraction of sp³-hybridized carbons (Fsp3) is 0.778. The first-order chi connectivity index (χ1) is 6.59. The molecule has 1 fully saturated rings. The van der Waals surface area contributed by atoms with E-state index < -0.39 is 5.97 Å². The molecule has 0 aromatic carbocycles. The predicted molar refractivity (Wildman–Crippen MR) is 48.8 cm³/mol. The lowest BCUT2D eigenvalue weighted by molar-refractivity contribution is -0.138. The van der Waals surface area contributed by atoms with E-state index >= 15 is 0 Å². The molecule has 0 aromatic heterocycles. The zero-order valence-electron chi connectivity index (χ0n) is 8.16. The van der Waals surface area contributed by atoms with Gasteiger partial charge in [-0.2, -0.15) is 0 Å². The first kappa shape index (κ1) is 11.0. The number of rotatable bonds is 4. The molecule has 5 nitrogen and oxygen atoms in total. The van der Waals surface area contributed by atoms with Crippen molar-refractivity contribution in [1.29, 1.82) is 0 Å². The van der Waals surface area contributed by atoms with Gasteiger partial charge in [-0.25, -0.2) is 0 Å². The summed E-state index contributed by atoms with van der Waals surface area (Å²) in [5.41, 5.74) is 0. The van der Waals surface area contributed by atoms with Gasteiger partial charge in [-0.05, 0) is 6.42 Å². The van der Waals surface area contributed by atoms with E-state index in [1.165, 1.54) is 6.92 Å². The lowest BCUT2D eigenvalue weighted by Gasteiger charge is -2.21. The number of carbonyl (C=O) groups is 2. The van der Waals surface area contributed by atoms with E-state index in [9.17, 15) is 9.59 Å². The molecule has 2 atom stereocenters. The quantitative estimate of drug-likeness (QED) is 0.671. The molecule has 1 aliphatic rings. The minimum Gasteiger partial charge on any atom is -0.481 e. The van der Waals surface area contributed by atoms with Crippen molar-refractivity contribution in [3.63, 3.8) is 0 Å². The first-order valence-corrected chi connectivity index (χ1v) is 4.66. The highest BCUT2D eigenvalue weighted by Gasteiger charge is 2.28. The van der Waals surface area contributed by atoms with Crippen molar-refractivity contribution in [3.8, 4) is 0 Å². The first-order valence-electron chi connectivity index (χ1n) is 4.66. The smallest absolute Gasteiger partial charge is 0.305 e. The van der Waals surface area contributed by atoms with Gasteiger partial charge < -0.3 is 15.2 Å². The number of nitrogens with one attached hydrogen (secondary N) is 1. The maximum atomic E-state index is 10.8. The minimum absolute atomic E-state index is 0.0341. The third kappa shape index (κ3) is 3.33. The van der Waals surface area contributed by atoms with Crippen LogP contribution in [0, 0.1) is 5.92 Å². The molecule has 0 aliphatic carbocycles. The van der Waals surface area contributed by atoms with Gasteiger partial charge in [-0.3, -0.25) is 9.59 Å². The Kier molecular flexibility index (Phi) is 3.88. The summed E-state index contributed by atoms with van der Waals surface area (Å²) in [6, 6.07) is -0.299. The van der Waals surface area contributed by atoms with Gasteiger partial charge in [0, 0.05) is 25.5 Å². The second kappa shape index (κ2) is 4.95. The van der Waals surface area contributed by atoms with E-state index in [2.05, 4.69) is 5.32 Å². The van der Waals surface area contributed by atoms with Crippen LogP contribution in [-0.2, 0) is 14.3 Å². The molecule has 1 amide bonds. The number of ether oxygens (including phenoxy) is 1. The molecule has 0 bridgehead atoms. The monoisotopic (exact) mass is 201 g/mol. The number of carboxylic acids is 1. The summed E-state index contributed by atoms with van der Waals surface area (Å²) in [6.07, 6.45) is 0.784. The van der Waals surface area contributed by atoms with Crippen LogP contribution in [0.25, 0.3) is 0 Å². The van der Waals surface area contributed by atoms with E-state index in [4.69, 9.17) is 9.84 Å². The van der Waals surface area contributed by atoms with Gasteiger partial charge in [0.05, 0.1) is 13.0 Å². The highest BCUT2D eigenvalue weighted by molar-refractivity contribution is 5.75. The Morgan fingerprint density at radius 3 is 2.79 bits per heavy atom. The topological polar surface area (TPSA) is 75.6 Å². The molecule has 0 spiro atoms. The van der Waals surface area contributed by atoms with Gasteiger partial charge in [0.1, 0.15) is 0 Å². The number of carboxylic acid groups (broad SMARTS) is 1. The summed E-state index contributed by atoms with van der Waals surface area (Å²) in [6.45, 7) is 2.59. The molecule has 1 heterocycles. The second-order valence-electron chi connectivity index (χ2n) is 3.53. The standard InChI is InChI=1S/C9H15NO4/c1-6(11)10-8(4-9(12)13)7-2-3-14-5-7/h7-8H,2-5H2,1H3,(H,10,11)(H,12,13)/t7?,8-/m0/s1. The van der Waals surface area contributed by atoms with Crippen LogP contribution in [-0.4, -0.2) is 36.2 Å². The molecule has 1 aliphatic heterocycles. The van der Waals surface area contributed by atoms with Gasteiger partial charge in [-0.15, -0.1) is 0 Å². The molecule has 2 N–H and O–H groups in total. The Labute approximate surface area is 82.4 Å². The summed E-state index contributed by atoms with van der Waals surface area (Å²) < 4.78 is 5.16. The molecule has 14 heavy (non-hydrogen) atoms. The maximum Gasteiger partial charge on any atom is 0.305 e. The summed E-state index contributed by atoms with van der Waals surface area (Å²) >= 11 is 0. The van der Waals surface area contributed by atoms with Crippen molar-refractivity contribution in [3.05, 3.63) is 0 Å². The van der Waals surface area contributed by atoms with E-state index in [1.54, 1.807) is 0 Å². The third-order valence-corrected chi connectivity index (χ3v) is 2.32. The Bertz CT molecular complexity index is 207. The zero-order chi connectivity index (χ0) is 10.6. The van der Waals surface area contributed by atoms with Crippen molar-refractivity contribution in [2.24, 2.45) is 5.92 Å². The van der Waals surface area contributed by atoms with Crippen LogP contribution in [0.3, 0.4) is 0 Å². The van der Waals surface area contributed by atoms with Crippen LogP contribution in [0.2, 0.25) is 0 Å². The third-order valence-electron chi connectivity index (χ3n) is 2.32.